The molecular formula is C22H29N3O5. The number of fused-ring (bicyclic) bond motifs is 1. The summed E-state index contributed by atoms with van der Waals surface area (Å²) in [5.74, 6) is 0.173. The maximum atomic E-state index is 12.5. The van der Waals surface area contributed by atoms with Gasteiger partial charge >= 0.3 is 12.1 Å². The van der Waals surface area contributed by atoms with Crippen LogP contribution in [0.25, 0.3) is 10.9 Å². The Morgan fingerprint density at radius 3 is 2.73 bits per heavy atom. The predicted molar refractivity (Wildman–Crippen MR) is 114 cm³/mol. The van der Waals surface area contributed by atoms with E-state index in [9.17, 15) is 9.59 Å². The van der Waals surface area contributed by atoms with Crippen LogP contribution in [0.15, 0.2) is 24.4 Å². The minimum atomic E-state index is -0.544. The van der Waals surface area contributed by atoms with Gasteiger partial charge in [-0.05, 0) is 40.2 Å². The number of nitrogens with one attached hydrogen (secondary N) is 1. The SMILES string of the molecule is CCOC(=O)c1cnc2c(OC)cccc2c1NC1CCN(C(=O)OC(C)(C)C)C1. The van der Waals surface area contributed by atoms with Gasteiger partial charge in [-0.2, -0.15) is 0 Å². The number of carbonyl (C=O) groups is 2. The second kappa shape index (κ2) is 8.77. The summed E-state index contributed by atoms with van der Waals surface area (Å²) in [6.45, 7) is 8.62. The molecule has 1 aromatic carbocycles. The van der Waals surface area contributed by atoms with Gasteiger partial charge in [0.1, 0.15) is 22.4 Å². The number of benzene rings is 1. The number of methoxy groups -OCH3 is 1. The molecule has 1 atom stereocenters. The van der Waals surface area contributed by atoms with Crippen LogP contribution in [-0.2, 0) is 9.47 Å². The number of esters is 1. The lowest BCUT2D eigenvalue weighted by atomic mass is 10.1. The summed E-state index contributed by atoms with van der Waals surface area (Å²) in [6, 6.07) is 5.52. The molecule has 1 aliphatic heterocycles. The highest BCUT2D eigenvalue weighted by Crippen LogP contribution is 2.33. The number of carbonyl (C=O) groups excluding carboxylic acids is 2. The Bertz CT molecular complexity index is 938. The quantitative estimate of drug-likeness (QED) is 0.742. The molecule has 2 heterocycles. The van der Waals surface area contributed by atoms with Crippen molar-refractivity contribution in [2.45, 2.75) is 45.8 Å². The van der Waals surface area contributed by atoms with Crippen molar-refractivity contribution >= 4 is 28.7 Å². The van der Waals surface area contributed by atoms with E-state index >= 15 is 0 Å². The van der Waals surface area contributed by atoms with Gasteiger partial charge in [0, 0.05) is 30.7 Å². The van der Waals surface area contributed by atoms with Crippen molar-refractivity contribution in [2.75, 3.05) is 32.1 Å². The van der Waals surface area contributed by atoms with Gasteiger partial charge in [-0.25, -0.2) is 9.59 Å². The molecule has 1 unspecified atom stereocenters. The molecule has 0 saturated carbocycles. The zero-order valence-electron chi connectivity index (χ0n) is 18.2. The predicted octanol–water partition coefficient (Wildman–Crippen LogP) is 3.84. The van der Waals surface area contributed by atoms with Crippen LogP contribution in [0.1, 0.15) is 44.5 Å². The summed E-state index contributed by atoms with van der Waals surface area (Å²) in [5, 5.41) is 4.20. The lowest BCUT2D eigenvalue weighted by molar-refractivity contribution is 0.0293. The smallest absolute Gasteiger partial charge is 0.410 e. The lowest BCUT2D eigenvalue weighted by Gasteiger charge is -2.25. The summed E-state index contributed by atoms with van der Waals surface area (Å²) in [7, 11) is 1.58. The minimum Gasteiger partial charge on any atom is -0.494 e. The van der Waals surface area contributed by atoms with Gasteiger partial charge in [0.15, 0.2) is 0 Å². The molecule has 0 spiro atoms. The van der Waals surface area contributed by atoms with Crippen molar-refractivity contribution in [1.82, 2.24) is 9.88 Å². The first kappa shape index (κ1) is 21.7. The molecule has 1 N–H and O–H groups in total. The number of nitrogens with zero attached hydrogens (tertiary/aromatic N) is 2. The number of aromatic nitrogens is 1. The monoisotopic (exact) mass is 415 g/mol. The third kappa shape index (κ3) is 4.75. The van der Waals surface area contributed by atoms with Crippen molar-refractivity contribution in [1.29, 1.82) is 0 Å². The average molecular weight is 415 g/mol. The van der Waals surface area contributed by atoms with Crippen LogP contribution in [0.4, 0.5) is 10.5 Å². The van der Waals surface area contributed by atoms with E-state index in [-0.39, 0.29) is 18.7 Å². The molecule has 8 nitrogen and oxygen atoms in total. The topological polar surface area (TPSA) is 90.0 Å². The van der Waals surface area contributed by atoms with E-state index in [1.54, 1.807) is 18.9 Å². The molecule has 162 valence electrons. The molecule has 1 saturated heterocycles. The maximum absolute atomic E-state index is 12.5. The number of amides is 1. The van der Waals surface area contributed by atoms with E-state index in [0.29, 0.717) is 35.6 Å². The van der Waals surface area contributed by atoms with E-state index in [2.05, 4.69) is 10.3 Å². The largest absolute Gasteiger partial charge is 0.494 e. The Hall–Kier alpha value is -3.03. The number of ether oxygens (including phenoxy) is 3. The molecule has 0 bridgehead atoms. The van der Waals surface area contributed by atoms with Crippen LogP contribution in [-0.4, -0.2) is 60.4 Å². The number of hydrogen-bond donors (Lipinski definition) is 1. The molecule has 1 amide bonds. The van der Waals surface area contributed by atoms with Crippen molar-refractivity contribution in [3.8, 4) is 5.75 Å². The molecule has 0 aliphatic carbocycles. The molecule has 8 heteroatoms. The van der Waals surface area contributed by atoms with Gasteiger partial charge in [0.05, 0.1) is 19.4 Å². The van der Waals surface area contributed by atoms with Crippen LogP contribution < -0.4 is 10.1 Å². The number of rotatable bonds is 5. The summed E-state index contributed by atoms with van der Waals surface area (Å²) >= 11 is 0. The van der Waals surface area contributed by atoms with E-state index < -0.39 is 11.6 Å². The Balaban J connectivity index is 1.90. The highest BCUT2D eigenvalue weighted by molar-refractivity contribution is 6.06. The lowest BCUT2D eigenvalue weighted by Crippen LogP contribution is -2.36. The van der Waals surface area contributed by atoms with Crippen molar-refractivity contribution in [3.63, 3.8) is 0 Å². The second-order valence-electron chi connectivity index (χ2n) is 8.18. The highest BCUT2D eigenvalue weighted by atomic mass is 16.6. The van der Waals surface area contributed by atoms with E-state index in [1.807, 2.05) is 39.0 Å². The van der Waals surface area contributed by atoms with Gasteiger partial charge < -0.3 is 24.4 Å². The van der Waals surface area contributed by atoms with Crippen LogP contribution in [0.3, 0.4) is 0 Å². The second-order valence-corrected chi connectivity index (χ2v) is 8.18. The molecule has 1 aliphatic rings. The Labute approximate surface area is 176 Å². The number of hydrogen-bond acceptors (Lipinski definition) is 7. The fourth-order valence-corrected chi connectivity index (χ4v) is 3.45. The first-order valence-corrected chi connectivity index (χ1v) is 10.1. The molecule has 1 aromatic heterocycles. The molecule has 3 rings (SSSR count). The Morgan fingerprint density at radius 1 is 1.30 bits per heavy atom. The van der Waals surface area contributed by atoms with E-state index in [4.69, 9.17) is 14.2 Å². The zero-order chi connectivity index (χ0) is 21.9. The summed E-state index contributed by atoms with van der Waals surface area (Å²) < 4.78 is 16.1. The van der Waals surface area contributed by atoms with Crippen LogP contribution in [0, 0.1) is 0 Å². The standard InChI is InChI=1S/C22H29N3O5/c1-6-29-20(26)16-12-23-19-15(8-7-9-17(19)28-5)18(16)24-14-10-11-25(13-14)21(27)30-22(2,3)4/h7-9,12,14H,6,10-11,13H2,1-5H3,(H,23,24). The summed E-state index contributed by atoms with van der Waals surface area (Å²) in [6.07, 6.45) is 1.90. The fraction of sp³-hybridized carbons (Fsp3) is 0.500. The number of likely N-dealkylation sites (tertiary alicyclic amines) is 1. The third-order valence-corrected chi connectivity index (χ3v) is 4.76. The molecule has 1 fully saturated rings. The van der Waals surface area contributed by atoms with Gasteiger partial charge in [-0.3, -0.25) is 4.98 Å². The summed E-state index contributed by atoms with van der Waals surface area (Å²) in [5.41, 5.74) is 1.09. The van der Waals surface area contributed by atoms with Crippen LogP contribution >= 0.6 is 0 Å². The third-order valence-electron chi connectivity index (χ3n) is 4.76. The van der Waals surface area contributed by atoms with Crippen molar-refractivity contribution in [2.24, 2.45) is 0 Å². The number of para-hydroxylation sites is 1. The fourth-order valence-electron chi connectivity index (χ4n) is 3.45. The minimum absolute atomic E-state index is 0.0394. The number of anilines is 1. The zero-order valence-corrected chi connectivity index (χ0v) is 18.2. The van der Waals surface area contributed by atoms with Crippen LogP contribution in [0.5, 0.6) is 5.75 Å². The Kier molecular flexibility index (Phi) is 6.34. The van der Waals surface area contributed by atoms with E-state index in [1.165, 1.54) is 6.20 Å². The van der Waals surface area contributed by atoms with Crippen molar-refractivity contribution < 1.29 is 23.8 Å². The average Bonchev–Trinajstić information content (AvgIpc) is 3.15. The Morgan fingerprint density at radius 2 is 2.07 bits per heavy atom. The molecule has 0 radical (unpaired) electrons. The van der Waals surface area contributed by atoms with Gasteiger partial charge in [0.25, 0.3) is 0 Å². The van der Waals surface area contributed by atoms with E-state index in [0.717, 1.165) is 11.8 Å². The summed E-state index contributed by atoms with van der Waals surface area (Å²) in [4.78, 5) is 31.0. The first-order chi connectivity index (χ1) is 14.2. The van der Waals surface area contributed by atoms with Crippen LogP contribution in [0.2, 0.25) is 0 Å². The van der Waals surface area contributed by atoms with Gasteiger partial charge in [0.2, 0.25) is 0 Å². The molecular weight excluding hydrogens is 386 g/mol. The van der Waals surface area contributed by atoms with Crippen molar-refractivity contribution in [3.05, 3.63) is 30.0 Å². The number of pyridine rings is 1. The van der Waals surface area contributed by atoms with Gasteiger partial charge in [-0.1, -0.05) is 12.1 Å². The maximum Gasteiger partial charge on any atom is 0.410 e. The normalized spacial score (nSPS) is 16.4. The first-order valence-electron chi connectivity index (χ1n) is 10.1. The van der Waals surface area contributed by atoms with Gasteiger partial charge in [-0.15, -0.1) is 0 Å². The molecule has 2 aromatic rings. The highest BCUT2D eigenvalue weighted by Gasteiger charge is 2.31. The molecule has 30 heavy (non-hydrogen) atoms.